The summed E-state index contributed by atoms with van der Waals surface area (Å²) in [5.41, 5.74) is 2.14. The van der Waals surface area contributed by atoms with E-state index in [9.17, 15) is 17.6 Å². The molecule has 0 saturated heterocycles. The van der Waals surface area contributed by atoms with Gasteiger partial charge in [-0.3, -0.25) is 4.98 Å². The predicted molar refractivity (Wildman–Crippen MR) is 91.0 cm³/mol. The second kappa shape index (κ2) is 6.77. The summed E-state index contributed by atoms with van der Waals surface area (Å²) in [6.07, 6.45) is -0.569. The smallest absolute Gasteiger partial charge is 0.312 e. The van der Waals surface area contributed by atoms with E-state index in [1.54, 1.807) is 24.5 Å². The Balaban J connectivity index is 1.66. The first-order chi connectivity index (χ1) is 12.9. The lowest BCUT2D eigenvalue weighted by Gasteiger charge is -2.15. The van der Waals surface area contributed by atoms with Crippen LogP contribution < -0.4 is 5.32 Å². The Morgan fingerprint density at radius 1 is 1.19 bits per heavy atom. The van der Waals surface area contributed by atoms with Crippen LogP contribution in [0.4, 0.5) is 17.6 Å². The highest BCUT2D eigenvalue weighted by atomic mass is 19.4. The van der Waals surface area contributed by atoms with Crippen molar-refractivity contribution in [1.29, 1.82) is 0 Å². The van der Waals surface area contributed by atoms with Gasteiger partial charge in [0.2, 0.25) is 0 Å². The molecular weight excluding hydrogens is 360 g/mol. The zero-order valence-electron chi connectivity index (χ0n) is 14.2. The van der Waals surface area contributed by atoms with Crippen molar-refractivity contribution in [3.63, 3.8) is 0 Å². The van der Waals surface area contributed by atoms with Gasteiger partial charge in [-0.2, -0.15) is 18.3 Å². The van der Waals surface area contributed by atoms with Crippen LogP contribution in [0.15, 0.2) is 42.7 Å². The lowest BCUT2D eigenvalue weighted by Crippen LogP contribution is -2.24. The molecule has 0 unspecified atom stereocenters. The van der Waals surface area contributed by atoms with E-state index in [1.807, 2.05) is 4.68 Å². The lowest BCUT2D eigenvalue weighted by atomic mass is 10.0. The molecule has 0 aliphatic carbocycles. The molecule has 4 nitrogen and oxygen atoms in total. The van der Waals surface area contributed by atoms with Crippen LogP contribution in [0, 0.1) is 5.82 Å². The Morgan fingerprint density at radius 2 is 2.04 bits per heavy atom. The van der Waals surface area contributed by atoms with Crippen molar-refractivity contribution in [3.8, 4) is 5.69 Å². The number of alkyl halides is 3. The highest BCUT2D eigenvalue weighted by Crippen LogP contribution is 2.33. The van der Waals surface area contributed by atoms with Crippen molar-refractivity contribution < 1.29 is 17.6 Å². The fourth-order valence-corrected chi connectivity index (χ4v) is 3.30. The van der Waals surface area contributed by atoms with Crippen molar-refractivity contribution in [1.82, 2.24) is 20.1 Å². The number of aromatic nitrogens is 3. The maximum Gasteiger partial charge on any atom is 0.419 e. The van der Waals surface area contributed by atoms with Gasteiger partial charge in [-0.05, 0) is 23.8 Å². The van der Waals surface area contributed by atoms with E-state index in [4.69, 9.17) is 0 Å². The first-order valence-corrected chi connectivity index (χ1v) is 8.50. The SMILES string of the molecule is Fc1c(Cc2cc(-n3ncc4c3CCNC4)ccn2)cccc1C(F)(F)F. The van der Waals surface area contributed by atoms with Gasteiger partial charge < -0.3 is 5.32 Å². The summed E-state index contributed by atoms with van der Waals surface area (Å²) < 4.78 is 54.8. The number of fused-ring (bicyclic) bond motifs is 1. The topological polar surface area (TPSA) is 42.7 Å². The van der Waals surface area contributed by atoms with Crippen molar-refractivity contribution in [2.24, 2.45) is 0 Å². The standard InChI is InChI=1S/C19H16F4N4/c20-18-12(2-1-3-16(18)19(21,22)23)8-14-9-15(4-7-25-14)27-17-5-6-24-10-13(17)11-26-27/h1-4,7,9,11,24H,5-6,8,10H2. The van der Waals surface area contributed by atoms with Crippen LogP contribution in [0.1, 0.15) is 28.1 Å². The molecule has 0 fully saturated rings. The molecule has 1 aliphatic heterocycles. The number of halogens is 4. The van der Waals surface area contributed by atoms with E-state index in [0.717, 1.165) is 42.5 Å². The Labute approximate surface area is 152 Å². The van der Waals surface area contributed by atoms with Crippen molar-refractivity contribution in [3.05, 3.63) is 76.6 Å². The highest BCUT2D eigenvalue weighted by molar-refractivity contribution is 5.38. The third-order valence-electron chi connectivity index (χ3n) is 4.61. The van der Waals surface area contributed by atoms with E-state index in [2.05, 4.69) is 15.4 Å². The number of benzene rings is 1. The monoisotopic (exact) mass is 376 g/mol. The molecule has 0 bridgehead atoms. The second-order valence-corrected chi connectivity index (χ2v) is 6.41. The average molecular weight is 376 g/mol. The van der Waals surface area contributed by atoms with E-state index in [1.165, 1.54) is 12.1 Å². The van der Waals surface area contributed by atoms with Crippen LogP contribution in [-0.4, -0.2) is 21.3 Å². The maximum absolute atomic E-state index is 14.3. The third kappa shape index (κ3) is 3.44. The van der Waals surface area contributed by atoms with Gasteiger partial charge >= 0.3 is 6.18 Å². The van der Waals surface area contributed by atoms with Crippen molar-refractivity contribution in [2.75, 3.05) is 6.54 Å². The number of rotatable bonds is 3. The molecule has 0 spiro atoms. The fraction of sp³-hybridized carbons (Fsp3) is 0.263. The molecule has 1 N–H and O–H groups in total. The third-order valence-corrected chi connectivity index (χ3v) is 4.61. The molecule has 27 heavy (non-hydrogen) atoms. The molecule has 4 rings (SSSR count). The minimum Gasteiger partial charge on any atom is -0.312 e. The van der Waals surface area contributed by atoms with Gasteiger partial charge in [0, 0.05) is 49.1 Å². The van der Waals surface area contributed by atoms with Crippen LogP contribution in [0.25, 0.3) is 5.69 Å². The van der Waals surface area contributed by atoms with Crippen LogP contribution in [0.2, 0.25) is 0 Å². The molecule has 8 heteroatoms. The average Bonchev–Trinajstić information content (AvgIpc) is 3.07. The molecule has 3 heterocycles. The van der Waals surface area contributed by atoms with Crippen LogP contribution in [0.3, 0.4) is 0 Å². The van der Waals surface area contributed by atoms with Gasteiger partial charge in [0.05, 0.1) is 17.4 Å². The Kier molecular flexibility index (Phi) is 4.43. The number of nitrogens with one attached hydrogen (secondary N) is 1. The first-order valence-electron chi connectivity index (χ1n) is 8.50. The maximum atomic E-state index is 14.3. The van der Waals surface area contributed by atoms with E-state index >= 15 is 0 Å². The van der Waals surface area contributed by atoms with E-state index < -0.39 is 17.6 Å². The van der Waals surface area contributed by atoms with Crippen LogP contribution in [-0.2, 0) is 25.6 Å². The summed E-state index contributed by atoms with van der Waals surface area (Å²) in [5.74, 6) is -1.25. The second-order valence-electron chi connectivity index (χ2n) is 6.41. The Bertz CT molecular complexity index is 978. The summed E-state index contributed by atoms with van der Waals surface area (Å²) in [7, 11) is 0. The Hall–Kier alpha value is -2.74. The summed E-state index contributed by atoms with van der Waals surface area (Å²) in [6.45, 7) is 1.61. The first kappa shape index (κ1) is 17.7. The van der Waals surface area contributed by atoms with Gasteiger partial charge in [0.15, 0.2) is 0 Å². The van der Waals surface area contributed by atoms with Gasteiger partial charge in [-0.1, -0.05) is 12.1 Å². The molecular formula is C19H16F4N4. The number of nitrogens with zero attached hydrogens (tertiary/aromatic N) is 3. The zero-order valence-corrected chi connectivity index (χ0v) is 14.2. The van der Waals surface area contributed by atoms with Gasteiger partial charge in [0.1, 0.15) is 5.82 Å². The minimum atomic E-state index is -4.72. The lowest BCUT2D eigenvalue weighted by molar-refractivity contribution is -0.140. The number of hydrogen-bond acceptors (Lipinski definition) is 3. The quantitative estimate of drug-likeness (QED) is 0.710. The molecule has 2 aromatic heterocycles. The molecule has 0 saturated carbocycles. The largest absolute Gasteiger partial charge is 0.419 e. The van der Waals surface area contributed by atoms with Gasteiger partial charge in [0.25, 0.3) is 0 Å². The zero-order chi connectivity index (χ0) is 19.0. The highest BCUT2D eigenvalue weighted by Gasteiger charge is 2.34. The van der Waals surface area contributed by atoms with Crippen LogP contribution >= 0.6 is 0 Å². The molecule has 1 aromatic carbocycles. The summed E-state index contributed by atoms with van der Waals surface area (Å²) in [6, 6.07) is 6.81. The van der Waals surface area contributed by atoms with E-state index in [-0.39, 0.29) is 12.0 Å². The molecule has 0 amide bonds. The molecule has 0 atom stereocenters. The fourth-order valence-electron chi connectivity index (χ4n) is 3.30. The van der Waals surface area contributed by atoms with Crippen molar-refractivity contribution in [2.45, 2.75) is 25.6 Å². The summed E-state index contributed by atoms with van der Waals surface area (Å²) in [4.78, 5) is 4.19. The molecule has 140 valence electrons. The molecule has 0 radical (unpaired) electrons. The number of hydrogen-bond donors (Lipinski definition) is 1. The van der Waals surface area contributed by atoms with Crippen LogP contribution in [0.5, 0.6) is 0 Å². The molecule has 1 aliphatic rings. The number of pyridine rings is 1. The van der Waals surface area contributed by atoms with E-state index in [0.29, 0.717) is 5.69 Å². The summed E-state index contributed by atoms with van der Waals surface area (Å²) >= 11 is 0. The summed E-state index contributed by atoms with van der Waals surface area (Å²) in [5, 5.41) is 7.68. The normalized spacial score (nSPS) is 14.2. The minimum absolute atomic E-state index is 0.0331. The van der Waals surface area contributed by atoms with Crippen molar-refractivity contribution >= 4 is 0 Å². The molecule has 3 aromatic rings. The van der Waals surface area contributed by atoms with Gasteiger partial charge in [-0.15, -0.1) is 0 Å². The van der Waals surface area contributed by atoms with Gasteiger partial charge in [-0.25, -0.2) is 9.07 Å². The Morgan fingerprint density at radius 3 is 2.85 bits per heavy atom. The predicted octanol–water partition coefficient (Wildman–Crippen LogP) is 3.66.